The van der Waals surface area contributed by atoms with Gasteiger partial charge >= 0.3 is 0 Å². The van der Waals surface area contributed by atoms with E-state index in [1.165, 1.54) is 19.4 Å². The average Bonchev–Trinajstić information content (AvgIpc) is 3.09. The molecule has 0 atom stereocenters. The Balaban J connectivity index is 0.00000243. The van der Waals surface area contributed by atoms with Gasteiger partial charge < -0.3 is 14.3 Å². The zero-order chi connectivity index (χ0) is 17.8. The summed E-state index contributed by atoms with van der Waals surface area (Å²) in [5, 5.41) is 9.84. The third kappa shape index (κ3) is 4.35. The Morgan fingerprint density at radius 1 is 1.31 bits per heavy atom. The minimum absolute atomic E-state index is 0. The van der Waals surface area contributed by atoms with Crippen molar-refractivity contribution in [2.45, 2.75) is 19.8 Å². The molecule has 0 amide bonds. The Hall–Kier alpha value is -2.53. The van der Waals surface area contributed by atoms with Gasteiger partial charge in [-0.05, 0) is 36.8 Å². The van der Waals surface area contributed by atoms with Crippen molar-refractivity contribution in [1.82, 2.24) is 9.97 Å². The number of aromatic hydroxyl groups is 1. The summed E-state index contributed by atoms with van der Waals surface area (Å²) in [7, 11) is 1.48. The van der Waals surface area contributed by atoms with Crippen LogP contribution in [0, 0.1) is 6.92 Å². The van der Waals surface area contributed by atoms with Crippen LogP contribution in [0.5, 0.6) is 11.5 Å². The molecule has 0 aliphatic heterocycles. The van der Waals surface area contributed by atoms with Crippen LogP contribution in [-0.2, 0) is 25.9 Å². The third-order valence-electron chi connectivity index (χ3n) is 3.86. The van der Waals surface area contributed by atoms with Gasteiger partial charge in [0.25, 0.3) is 0 Å². The van der Waals surface area contributed by atoms with Gasteiger partial charge in [-0.15, -0.1) is 0 Å². The minimum Gasteiger partial charge on any atom is -0.504 e. The number of phenols is 1. The predicted octanol–water partition coefficient (Wildman–Crippen LogP) is 3.57. The molecule has 1 aromatic carbocycles. The molecule has 0 fully saturated rings. The number of ether oxygens (including phenoxy) is 1. The van der Waals surface area contributed by atoms with Crippen molar-refractivity contribution in [1.29, 1.82) is 0 Å². The van der Waals surface area contributed by atoms with Crippen LogP contribution in [-0.4, -0.2) is 28.0 Å². The van der Waals surface area contributed by atoms with Crippen LogP contribution in [0.1, 0.15) is 28.2 Å². The molecule has 2 aromatic heterocycles. The van der Waals surface area contributed by atoms with Gasteiger partial charge in [-0.25, -0.2) is 4.98 Å². The second kappa shape index (κ2) is 8.72. The number of pyridine rings is 1. The SMILES string of the molecule is COc1ccc(-c2nc(CCC(=O)c3ncccc3C)co2)cc1O.[Rh]. The minimum atomic E-state index is -0.0234. The Morgan fingerprint density at radius 3 is 2.81 bits per heavy atom. The summed E-state index contributed by atoms with van der Waals surface area (Å²) >= 11 is 0. The van der Waals surface area contributed by atoms with Gasteiger partial charge in [0, 0.05) is 44.1 Å². The van der Waals surface area contributed by atoms with E-state index in [0.717, 1.165) is 5.56 Å². The molecule has 0 spiro atoms. The van der Waals surface area contributed by atoms with Crippen LogP contribution in [0.3, 0.4) is 0 Å². The number of aromatic nitrogens is 2. The van der Waals surface area contributed by atoms with Gasteiger partial charge in [0.05, 0.1) is 12.8 Å². The molecule has 2 heterocycles. The van der Waals surface area contributed by atoms with Crippen molar-refractivity contribution in [3.8, 4) is 23.0 Å². The summed E-state index contributed by atoms with van der Waals surface area (Å²) < 4.78 is 10.5. The van der Waals surface area contributed by atoms with E-state index in [9.17, 15) is 9.90 Å². The van der Waals surface area contributed by atoms with Crippen LogP contribution in [0.25, 0.3) is 11.5 Å². The first-order chi connectivity index (χ1) is 12.1. The van der Waals surface area contributed by atoms with E-state index in [1.807, 2.05) is 13.0 Å². The summed E-state index contributed by atoms with van der Waals surface area (Å²) in [6, 6.07) is 8.58. The summed E-state index contributed by atoms with van der Waals surface area (Å²) in [6.07, 6.45) is 3.90. The number of carbonyl (C=O) groups excluding carboxylic acids is 1. The van der Waals surface area contributed by atoms with E-state index in [0.29, 0.717) is 41.4 Å². The quantitative estimate of drug-likeness (QED) is 0.465. The number of nitrogens with zero attached hydrogens (tertiary/aromatic N) is 2. The number of rotatable bonds is 6. The van der Waals surface area contributed by atoms with Crippen LogP contribution in [0.2, 0.25) is 0 Å². The number of carbonyl (C=O) groups is 1. The van der Waals surface area contributed by atoms with Crippen LogP contribution in [0.4, 0.5) is 0 Å². The predicted molar refractivity (Wildman–Crippen MR) is 91.8 cm³/mol. The molecule has 0 saturated heterocycles. The molecule has 137 valence electrons. The Morgan fingerprint density at radius 2 is 2.12 bits per heavy atom. The molecule has 7 heteroatoms. The van der Waals surface area contributed by atoms with E-state index in [1.54, 1.807) is 24.4 Å². The second-order valence-electron chi connectivity index (χ2n) is 5.62. The molecule has 0 saturated carbocycles. The second-order valence-corrected chi connectivity index (χ2v) is 5.62. The number of methoxy groups -OCH3 is 1. The molecule has 3 aromatic rings. The molecule has 0 unspecified atom stereocenters. The number of ketones is 1. The molecule has 1 radical (unpaired) electrons. The summed E-state index contributed by atoms with van der Waals surface area (Å²) in [5.74, 6) is 0.756. The van der Waals surface area contributed by atoms with Gasteiger partial charge in [-0.3, -0.25) is 9.78 Å². The van der Waals surface area contributed by atoms with Crippen molar-refractivity contribution >= 4 is 5.78 Å². The van der Waals surface area contributed by atoms with E-state index < -0.39 is 0 Å². The normalized spacial score (nSPS) is 10.2. The van der Waals surface area contributed by atoms with Crippen molar-refractivity contribution in [2.75, 3.05) is 7.11 Å². The van der Waals surface area contributed by atoms with Crippen LogP contribution < -0.4 is 4.74 Å². The Bertz CT molecular complexity index is 908. The fourth-order valence-corrected chi connectivity index (χ4v) is 2.52. The van der Waals surface area contributed by atoms with Crippen molar-refractivity contribution < 1.29 is 38.5 Å². The first-order valence-corrected chi connectivity index (χ1v) is 7.85. The first kappa shape index (κ1) is 19.8. The average molecular weight is 441 g/mol. The fourth-order valence-electron chi connectivity index (χ4n) is 2.52. The number of oxazole rings is 1. The van der Waals surface area contributed by atoms with E-state index in [4.69, 9.17) is 9.15 Å². The zero-order valence-corrected chi connectivity index (χ0v) is 16.0. The van der Waals surface area contributed by atoms with Crippen LogP contribution >= 0.6 is 0 Å². The topological polar surface area (TPSA) is 85.5 Å². The Labute approximate surface area is 164 Å². The number of aryl methyl sites for hydroxylation is 2. The van der Waals surface area contributed by atoms with Crippen molar-refractivity contribution in [2.24, 2.45) is 0 Å². The zero-order valence-electron chi connectivity index (χ0n) is 14.4. The number of phenolic OH excluding ortho intramolecular Hbond substituents is 1. The molecule has 6 nitrogen and oxygen atoms in total. The molecule has 3 rings (SSSR count). The summed E-state index contributed by atoms with van der Waals surface area (Å²) in [4.78, 5) is 20.8. The molecule has 0 aliphatic rings. The van der Waals surface area contributed by atoms with Gasteiger partial charge in [-0.1, -0.05) is 6.07 Å². The maximum Gasteiger partial charge on any atom is 0.226 e. The number of benzene rings is 1. The van der Waals surface area contributed by atoms with Crippen molar-refractivity contribution in [3.05, 3.63) is 59.7 Å². The number of hydrogen-bond donors (Lipinski definition) is 1. The van der Waals surface area contributed by atoms with Gasteiger partial charge in [0.15, 0.2) is 17.3 Å². The fraction of sp³-hybridized carbons (Fsp3) is 0.211. The molecular weight excluding hydrogens is 423 g/mol. The maximum absolute atomic E-state index is 12.3. The monoisotopic (exact) mass is 441 g/mol. The molecular formula is C19H18N2O4Rh. The standard InChI is InChI=1S/C19H18N2O4.Rh/c1-12-4-3-9-20-18(12)15(22)7-6-14-11-25-19(21-14)13-5-8-17(24-2)16(23)10-13;/h3-5,8-11,23H,6-7H2,1-2H3;. The van der Waals surface area contributed by atoms with E-state index in [2.05, 4.69) is 9.97 Å². The van der Waals surface area contributed by atoms with Crippen molar-refractivity contribution in [3.63, 3.8) is 0 Å². The number of Topliss-reactive ketones (excluding diaryl/α,β-unsaturated/α-hetero) is 1. The largest absolute Gasteiger partial charge is 0.504 e. The third-order valence-corrected chi connectivity index (χ3v) is 3.86. The molecule has 0 bridgehead atoms. The summed E-state index contributed by atoms with van der Waals surface area (Å²) in [5.41, 5.74) is 2.66. The van der Waals surface area contributed by atoms with Crippen LogP contribution in [0.15, 0.2) is 47.2 Å². The first-order valence-electron chi connectivity index (χ1n) is 7.85. The maximum atomic E-state index is 12.3. The van der Waals surface area contributed by atoms with E-state index >= 15 is 0 Å². The van der Waals surface area contributed by atoms with E-state index in [-0.39, 0.29) is 31.0 Å². The molecule has 0 aliphatic carbocycles. The molecule has 1 N–H and O–H groups in total. The van der Waals surface area contributed by atoms with Gasteiger partial charge in [0.1, 0.15) is 12.0 Å². The number of hydrogen-bond acceptors (Lipinski definition) is 6. The van der Waals surface area contributed by atoms with Gasteiger partial charge in [-0.2, -0.15) is 0 Å². The molecule has 26 heavy (non-hydrogen) atoms. The Kier molecular flexibility index (Phi) is 6.64. The smallest absolute Gasteiger partial charge is 0.226 e. The van der Waals surface area contributed by atoms with Gasteiger partial charge in [0.2, 0.25) is 5.89 Å². The summed E-state index contributed by atoms with van der Waals surface area (Å²) in [6.45, 7) is 1.87.